The van der Waals surface area contributed by atoms with Crippen molar-refractivity contribution in [1.29, 1.82) is 0 Å². The fourth-order valence-electron chi connectivity index (χ4n) is 0. The van der Waals surface area contributed by atoms with Gasteiger partial charge in [0.25, 0.3) is 5.09 Å². The molecule has 0 saturated carbocycles. The fraction of sp³-hybridized carbons (Fsp3) is 0. The first-order valence-electron chi connectivity index (χ1n) is 0.565. The molecule has 0 spiro atoms. The molecule has 5 nitrogen and oxygen atoms in total. The topological polar surface area (TPSA) is 94.9 Å². The van der Waals surface area contributed by atoms with Crippen molar-refractivity contribution in [3.8, 4) is 0 Å². The maximum atomic E-state index is 8.36. The van der Waals surface area contributed by atoms with Crippen LogP contribution in [0.2, 0.25) is 0 Å². The van der Waals surface area contributed by atoms with E-state index in [1.165, 1.54) is 0 Å². The van der Waals surface area contributed by atoms with Crippen LogP contribution in [0.25, 0.3) is 0 Å². The van der Waals surface area contributed by atoms with Gasteiger partial charge in [0.2, 0.25) is 0 Å². The Hall–Kier alpha value is -0.217. The van der Waals surface area contributed by atoms with Crippen molar-refractivity contribution in [1.82, 2.24) is 0 Å². The number of hydrogen-bond acceptors (Lipinski definition) is 2. The molecule has 0 aromatic heterocycles. The average molecular weight is 146 g/mol. The van der Waals surface area contributed by atoms with Crippen LogP contribution in [0, 0.1) is 10.1 Å². The van der Waals surface area contributed by atoms with Crippen molar-refractivity contribution in [2.24, 2.45) is 0 Å². The summed E-state index contributed by atoms with van der Waals surface area (Å²) >= 11 is 0. The molecule has 0 rings (SSSR count). The normalized spacial score (nSPS) is 4.00. The van der Waals surface area contributed by atoms with Gasteiger partial charge in [-0.2, -0.15) is 0 Å². The minimum absolute atomic E-state index is 0. The van der Waals surface area contributed by atoms with Gasteiger partial charge in [-0.05, 0) is 0 Å². The molecule has 0 aliphatic heterocycles. The first kappa shape index (κ1) is 17.1. The van der Waals surface area contributed by atoms with Gasteiger partial charge in [-0.25, -0.2) is 0 Å². The van der Waals surface area contributed by atoms with E-state index < -0.39 is 5.09 Å². The third kappa shape index (κ3) is 625. The summed E-state index contributed by atoms with van der Waals surface area (Å²) in [4.78, 5) is 8.36. The molecular formula is H3NO4Zn. The predicted molar refractivity (Wildman–Crippen MR) is 12.4 cm³/mol. The van der Waals surface area contributed by atoms with Crippen molar-refractivity contribution in [2.45, 2.75) is 0 Å². The van der Waals surface area contributed by atoms with Crippen molar-refractivity contribution in [3.05, 3.63) is 10.1 Å². The maximum absolute atomic E-state index is 8.36. The third-order valence-corrected chi connectivity index (χ3v) is 0. The molecule has 0 heterocycles. The zero-order chi connectivity index (χ0) is 3.58. The van der Waals surface area contributed by atoms with E-state index in [4.69, 9.17) is 15.3 Å². The molecule has 0 aliphatic carbocycles. The van der Waals surface area contributed by atoms with Crippen LogP contribution in [0.3, 0.4) is 0 Å². The maximum Gasteiger partial charge on any atom is 0.291 e. The van der Waals surface area contributed by atoms with Gasteiger partial charge in [-0.15, -0.1) is 10.1 Å². The molecular weight excluding hydrogens is 143 g/mol. The van der Waals surface area contributed by atoms with Crippen LogP contribution in [0.1, 0.15) is 0 Å². The minimum Gasteiger partial charge on any atom is -0.412 e. The number of hydrogen-bond donors (Lipinski definition) is 1. The standard InChI is InChI=1S/HNO3.H2O.Zn/c2-1(3)4;;/h(H,2,3,4);1H2;. The smallest absolute Gasteiger partial charge is 0.291 e. The van der Waals surface area contributed by atoms with Gasteiger partial charge < -0.3 is 10.7 Å². The van der Waals surface area contributed by atoms with Gasteiger partial charge in [-0.3, -0.25) is 0 Å². The van der Waals surface area contributed by atoms with Gasteiger partial charge in [-0.1, -0.05) is 0 Å². The summed E-state index contributed by atoms with van der Waals surface area (Å²) in [6.45, 7) is 0. The van der Waals surface area contributed by atoms with Crippen molar-refractivity contribution in [3.63, 3.8) is 0 Å². The van der Waals surface area contributed by atoms with E-state index in [2.05, 4.69) is 0 Å². The Labute approximate surface area is 46.1 Å². The zero-order valence-electron chi connectivity index (χ0n) is 2.92. The van der Waals surface area contributed by atoms with Crippen molar-refractivity contribution < 1.29 is 35.2 Å². The summed E-state index contributed by atoms with van der Waals surface area (Å²) in [7, 11) is 0. The van der Waals surface area contributed by atoms with Gasteiger partial charge in [0, 0.05) is 19.5 Å². The summed E-state index contributed by atoms with van der Waals surface area (Å²) in [6, 6.07) is 0. The van der Waals surface area contributed by atoms with E-state index in [-0.39, 0.29) is 25.0 Å². The summed E-state index contributed by atoms with van der Waals surface area (Å²) in [5.41, 5.74) is 0. The summed E-state index contributed by atoms with van der Waals surface area (Å²) in [5.74, 6) is 0. The molecule has 0 aromatic rings. The Morgan fingerprint density at radius 1 is 1.67 bits per heavy atom. The second kappa shape index (κ2) is 8.84. The monoisotopic (exact) mass is 145 g/mol. The summed E-state index contributed by atoms with van der Waals surface area (Å²) in [5, 5.41) is 13.6. The zero-order valence-corrected chi connectivity index (χ0v) is 5.89. The van der Waals surface area contributed by atoms with E-state index in [0.29, 0.717) is 0 Å². The van der Waals surface area contributed by atoms with Gasteiger partial charge in [0.1, 0.15) is 0 Å². The van der Waals surface area contributed by atoms with Crippen LogP contribution in [-0.2, 0) is 19.5 Å². The largest absolute Gasteiger partial charge is 0.412 e. The third-order valence-electron chi connectivity index (χ3n) is 0. The van der Waals surface area contributed by atoms with Gasteiger partial charge in [0.15, 0.2) is 0 Å². The first-order chi connectivity index (χ1) is 1.73. The Morgan fingerprint density at radius 3 is 1.67 bits per heavy atom. The van der Waals surface area contributed by atoms with Crippen LogP contribution >= 0.6 is 0 Å². The van der Waals surface area contributed by atoms with Crippen molar-refractivity contribution in [2.75, 3.05) is 0 Å². The van der Waals surface area contributed by atoms with Gasteiger partial charge in [0.05, 0.1) is 0 Å². The van der Waals surface area contributed by atoms with E-state index in [9.17, 15) is 0 Å². The van der Waals surface area contributed by atoms with Crippen LogP contribution in [0.4, 0.5) is 0 Å². The molecule has 0 fully saturated rings. The van der Waals surface area contributed by atoms with Crippen LogP contribution in [0.5, 0.6) is 0 Å². The molecule has 0 radical (unpaired) electrons. The SMILES string of the molecule is O.O=[N+]([O-])O.[Zn]. The summed E-state index contributed by atoms with van der Waals surface area (Å²) in [6.07, 6.45) is 0. The molecule has 0 saturated heterocycles. The van der Waals surface area contributed by atoms with E-state index in [0.717, 1.165) is 0 Å². The molecule has 0 atom stereocenters. The predicted octanol–water partition coefficient (Wildman–Crippen LogP) is -1.17. The van der Waals surface area contributed by atoms with Crippen molar-refractivity contribution >= 4 is 0 Å². The van der Waals surface area contributed by atoms with E-state index in [1.807, 2.05) is 0 Å². The molecule has 0 amide bonds. The molecule has 0 aromatic carbocycles. The fourth-order valence-corrected chi connectivity index (χ4v) is 0. The average Bonchev–Trinajstić information content (AvgIpc) is 0.811. The first-order valence-corrected chi connectivity index (χ1v) is 0.565. The number of rotatable bonds is 0. The molecule has 3 N–H and O–H groups in total. The molecule has 0 aliphatic rings. The Bertz CT molecular complexity index is 30.5. The van der Waals surface area contributed by atoms with Crippen LogP contribution in [-0.4, -0.2) is 15.8 Å². The molecule has 6 heavy (non-hydrogen) atoms. The second-order valence-corrected chi connectivity index (χ2v) is 0.238. The minimum atomic E-state index is -1.50. The quantitative estimate of drug-likeness (QED) is 0.265. The Balaban J connectivity index is -0.0000000450. The number of nitrogens with zero attached hydrogens (tertiary/aromatic N) is 1. The van der Waals surface area contributed by atoms with E-state index >= 15 is 0 Å². The van der Waals surface area contributed by atoms with Gasteiger partial charge >= 0.3 is 0 Å². The molecule has 6 heteroatoms. The molecule has 34 valence electrons. The molecule has 0 unspecified atom stereocenters. The Kier molecular flexibility index (Phi) is 25.2. The van der Waals surface area contributed by atoms with Crippen LogP contribution < -0.4 is 0 Å². The van der Waals surface area contributed by atoms with E-state index in [1.54, 1.807) is 0 Å². The van der Waals surface area contributed by atoms with Crippen LogP contribution in [0.15, 0.2) is 0 Å². The summed E-state index contributed by atoms with van der Waals surface area (Å²) < 4.78 is 0. The Morgan fingerprint density at radius 2 is 1.67 bits per heavy atom. The molecule has 0 bridgehead atoms. The second-order valence-electron chi connectivity index (χ2n) is 0.238.